The highest BCUT2D eigenvalue weighted by molar-refractivity contribution is 6.10. The molecule has 2 heteroatoms. The van der Waals surface area contributed by atoms with E-state index >= 15 is 0 Å². The van der Waals surface area contributed by atoms with Crippen molar-refractivity contribution in [3.63, 3.8) is 0 Å². The fourth-order valence-corrected chi connectivity index (χ4v) is 7.06. The van der Waals surface area contributed by atoms with Gasteiger partial charge in [-0.15, -0.1) is 0 Å². The van der Waals surface area contributed by atoms with Crippen LogP contribution in [0.4, 0.5) is 0 Å². The minimum atomic E-state index is 1.16. The molecule has 0 aliphatic carbocycles. The summed E-state index contributed by atoms with van der Waals surface area (Å²) in [5, 5.41) is 5.10. The molecule has 2 nitrogen and oxygen atoms in total. The molecule has 0 N–H and O–H groups in total. The molecule has 2 heterocycles. The van der Waals surface area contributed by atoms with Crippen LogP contribution in [-0.4, -0.2) is 9.13 Å². The van der Waals surface area contributed by atoms with Crippen molar-refractivity contribution in [1.82, 2.24) is 9.13 Å². The van der Waals surface area contributed by atoms with Crippen molar-refractivity contribution >= 4 is 43.6 Å². The van der Waals surface area contributed by atoms with Gasteiger partial charge in [0.05, 0.1) is 27.8 Å². The highest BCUT2D eigenvalue weighted by Gasteiger charge is 2.17. The summed E-state index contributed by atoms with van der Waals surface area (Å²) in [6.07, 6.45) is 0. The molecule has 9 aromatic rings. The van der Waals surface area contributed by atoms with Crippen LogP contribution < -0.4 is 0 Å². The zero-order valence-corrected chi connectivity index (χ0v) is 25.0. The molecule has 0 unspecified atom stereocenters. The summed E-state index contributed by atoms with van der Waals surface area (Å²) >= 11 is 0. The van der Waals surface area contributed by atoms with E-state index in [0.717, 1.165) is 5.69 Å². The van der Waals surface area contributed by atoms with Gasteiger partial charge in [-0.05, 0) is 72.1 Å². The van der Waals surface area contributed by atoms with E-state index in [0.29, 0.717) is 0 Å². The van der Waals surface area contributed by atoms with Crippen molar-refractivity contribution in [1.29, 1.82) is 0 Å². The average molecular weight is 575 g/mol. The standard InChI is InChI=1S/C43H30N2/c1-29-18-20-31(21-19-29)38-28-32(24-27-43(38)45-41-16-8-4-12-36(41)37-13-5-9-17-42(37)45)30-22-25-33(26-23-30)44-39-14-6-2-10-34(39)35-11-3-7-15-40(35)44/h2-28H,1H3. The number of rotatable bonds is 4. The van der Waals surface area contributed by atoms with E-state index in [1.54, 1.807) is 0 Å². The maximum Gasteiger partial charge on any atom is 0.0541 e. The number of benzene rings is 7. The number of fused-ring (bicyclic) bond motifs is 6. The summed E-state index contributed by atoms with van der Waals surface area (Å²) in [4.78, 5) is 0. The molecule has 0 aliphatic rings. The zero-order valence-electron chi connectivity index (χ0n) is 25.0. The van der Waals surface area contributed by atoms with Crippen molar-refractivity contribution in [2.75, 3.05) is 0 Å². The molecule has 0 atom stereocenters. The lowest BCUT2D eigenvalue weighted by atomic mass is 9.96. The van der Waals surface area contributed by atoms with Gasteiger partial charge in [-0.2, -0.15) is 0 Å². The minimum absolute atomic E-state index is 1.16. The molecule has 0 amide bonds. The predicted molar refractivity (Wildman–Crippen MR) is 191 cm³/mol. The second kappa shape index (κ2) is 10.1. The van der Waals surface area contributed by atoms with Crippen LogP contribution in [-0.2, 0) is 0 Å². The molecule has 0 spiro atoms. The summed E-state index contributed by atoms with van der Waals surface area (Å²) in [7, 11) is 0. The molecule has 7 aromatic carbocycles. The molecular weight excluding hydrogens is 544 g/mol. The van der Waals surface area contributed by atoms with Gasteiger partial charge in [-0.25, -0.2) is 0 Å². The topological polar surface area (TPSA) is 9.86 Å². The number of aromatic nitrogens is 2. The van der Waals surface area contributed by atoms with Crippen molar-refractivity contribution in [2.24, 2.45) is 0 Å². The van der Waals surface area contributed by atoms with E-state index in [9.17, 15) is 0 Å². The SMILES string of the molecule is Cc1ccc(-c2cc(-c3ccc(-n4c5ccccc5c5ccccc54)cc3)ccc2-n2c3ccccc3c3ccccc32)cc1. The molecule has 212 valence electrons. The highest BCUT2D eigenvalue weighted by Crippen LogP contribution is 2.39. The van der Waals surface area contributed by atoms with E-state index < -0.39 is 0 Å². The van der Waals surface area contributed by atoms with Gasteiger partial charge >= 0.3 is 0 Å². The van der Waals surface area contributed by atoms with Crippen LogP contribution in [0.2, 0.25) is 0 Å². The molecule has 9 rings (SSSR count). The highest BCUT2D eigenvalue weighted by atomic mass is 15.0. The fourth-order valence-electron chi connectivity index (χ4n) is 7.06. The first kappa shape index (κ1) is 25.6. The molecule has 0 saturated carbocycles. The third-order valence-electron chi connectivity index (χ3n) is 9.22. The number of aryl methyl sites for hydroxylation is 1. The monoisotopic (exact) mass is 574 g/mol. The summed E-state index contributed by atoms with van der Waals surface area (Å²) in [6, 6.07) is 59.6. The van der Waals surface area contributed by atoms with E-state index in [4.69, 9.17) is 0 Å². The van der Waals surface area contributed by atoms with Gasteiger partial charge in [-0.3, -0.25) is 0 Å². The van der Waals surface area contributed by atoms with Gasteiger partial charge in [0.1, 0.15) is 0 Å². The molecule has 0 saturated heterocycles. The molecule has 0 fully saturated rings. The van der Waals surface area contributed by atoms with Crippen molar-refractivity contribution in [3.8, 4) is 33.6 Å². The Hall–Kier alpha value is -5.86. The number of hydrogen-bond acceptors (Lipinski definition) is 0. The van der Waals surface area contributed by atoms with E-state index in [-0.39, 0.29) is 0 Å². The Kier molecular flexibility index (Phi) is 5.76. The molecule has 0 bridgehead atoms. The lowest BCUT2D eigenvalue weighted by molar-refractivity contribution is 1.18. The lowest BCUT2D eigenvalue weighted by Crippen LogP contribution is -1.98. The maximum atomic E-state index is 2.43. The molecule has 45 heavy (non-hydrogen) atoms. The number of nitrogens with zero attached hydrogens (tertiary/aromatic N) is 2. The fraction of sp³-hybridized carbons (Fsp3) is 0.0233. The Labute approximate surface area is 262 Å². The Balaban J connectivity index is 1.22. The third kappa shape index (κ3) is 4.03. The Morgan fingerprint density at radius 1 is 0.356 bits per heavy atom. The second-order valence-corrected chi connectivity index (χ2v) is 11.9. The van der Waals surface area contributed by atoms with Gasteiger partial charge in [0.15, 0.2) is 0 Å². The van der Waals surface area contributed by atoms with Crippen LogP contribution in [0.15, 0.2) is 164 Å². The smallest absolute Gasteiger partial charge is 0.0541 e. The lowest BCUT2D eigenvalue weighted by Gasteiger charge is -2.16. The summed E-state index contributed by atoms with van der Waals surface area (Å²) in [5.74, 6) is 0. The summed E-state index contributed by atoms with van der Waals surface area (Å²) in [5.41, 5.74) is 13.3. The van der Waals surface area contributed by atoms with Gasteiger partial charge in [0, 0.05) is 32.8 Å². The van der Waals surface area contributed by atoms with E-state index in [1.807, 2.05) is 0 Å². The Bertz CT molecular complexity index is 2420. The van der Waals surface area contributed by atoms with Crippen LogP contribution in [0.3, 0.4) is 0 Å². The van der Waals surface area contributed by atoms with Crippen molar-refractivity contribution < 1.29 is 0 Å². The first-order valence-corrected chi connectivity index (χ1v) is 15.5. The normalized spacial score (nSPS) is 11.7. The average Bonchev–Trinajstić information content (AvgIpc) is 3.62. The Morgan fingerprint density at radius 3 is 1.29 bits per heavy atom. The Morgan fingerprint density at radius 2 is 0.778 bits per heavy atom. The van der Waals surface area contributed by atoms with Crippen LogP contribution >= 0.6 is 0 Å². The van der Waals surface area contributed by atoms with Gasteiger partial charge in [0.25, 0.3) is 0 Å². The molecule has 0 radical (unpaired) electrons. The summed E-state index contributed by atoms with van der Waals surface area (Å²) < 4.78 is 4.80. The van der Waals surface area contributed by atoms with Crippen molar-refractivity contribution in [2.45, 2.75) is 6.92 Å². The van der Waals surface area contributed by atoms with Crippen LogP contribution in [0.1, 0.15) is 5.56 Å². The van der Waals surface area contributed by atoms with Gasteiger partial charge in [-0.1, -0.05) is 121 Å². The molecule has 2 aromatic heterocycles. The first-order chi connectivity index (χ1) is 22.2. The maximum absolute atomic E-state index is 2.43. The van der Waals surface area contributed by atoms with Crippen LogP contribution in [0.5, 0.6) is 0 Å². The molecular formula is C43H30N2. The van der Waals surface area contributed by atoms with Gasteiger partial charge in [0.2, 0.25) is 0 Å². The minimum Gasteiger partial charge on any atom is -0.309 e. The van der Waals surface area contributed by atoms with Gasteiger partial charge < -0.3 is 9.13 Å². The quantitative estimate of drug-likeness (QED) is 0.198. The largest absolute Gasteiger partial charge is 0.309 e. The predicted octanol–water partition coefficient (Wildman–Crippen LogP) is 11.5. The second-order valence-electron chi connectivity index (χ2n) is 11.9. The van der Waals surface area contributed by atoms with E-state index in [1.165, 1.54) is 77.1 Å². The number of hydrogen-bond donors (Lipinski definition) is 0. The van der Waals surface area contributed by atoms with E-state index in [2.05, 4.69) is 180 Å². The number of para-hydroxylation sites is 4. The summed E-state index contributed by atoms with van der Waals surface area (Å²) in [6.45, 7) is 2.15. The first-order valence-electron chi connectivity index (χ1n) is 15.5. The third-order valence-corrected chi connectivity index (χ3v) is 9.22. The zero-order chi connectivity index (χ0) is 29.9. The van der Waals surface area contributed by atoms with Crippen LogP contribution in [0, 0.1) is 6.92 Å². The molecule has 0 aliphatic heterocycles. The van der Waals surface area contributed by atoms with Crippen molar-refractivity contribution in [3.05, 3.63) is 169 Å². The van der Waals surface area contributed by atoms with Crippen LogP contribution in [0.25, 0.3) is 77.2 Å².